The van der Waals surface area contributed by atoms with E-state index in [0.717, 1.165) is 21.8 Å². The lowest BCUT2D eigenvalue weighted by Crippen LogP contribution is -2.19. The van der Waals surface area contributed by atoms with Gasteiger partial charge in [-0.25, -0.2) is 4.98 Å². The highest BCUT2D eigenvalue weighted by Crippen LogP contribution is 2.31. The zero-order valence-corrected chi connectivity index (χ0v) is 17.9. The number of hydrogen-bond donors (Lipinski definition) is 2. The largest absolute Gasteiger partial charge is 0.332 e. The fourth-order valence-corrected chi connectivity index (χ4v) is 4.48. The highest BCUT2D eigenvalue weighted by Gasteiger charge is 2.08. The van der Waals surface area contributed by atoms with Crippen molar-refractivity contribution in [3.8, 4) is 10.6 Å². The molecule has 0 unspecified atom stereocenters. The lowest BCUT2D eigenvalue weighted by atomic mass is 10.2. The van der Waals surface area contributed by atoms with Gasteiger partial charge in [0.15, 0.2) is 5.11 Å². The Labute approximate surface area is 182 Å². The van der Waals surface area contributed by atoms with Crippen LogP contribution in [-0.4, -0.2) is 10.1 Å². The average Bonchev–Trinajstić information content (AvgIpc) is 3.08. The molecular weight excluding hydrogens is 429 g/mol. The second-order valence-corrected chi connectivity index (χ2v) is 8.55. The molecule has 4 aromatic rings. The summed E-state index contributed by atoms with van der Waals surface area (Å²) in [6.45, 7) is 2.09. The first-order valence-electron chi connectivity index (χ1n) is 8.48. The SMILES string of the molecule is Cc1ccc2nc(-c3ccc(NC(=S)Nc4ccc(Cl)cc4Cl)cc3)sc2c1. The van der Waals surface area contributed by atoms with Crippen LogP contribution in [0.25, 0.3) is 20.8 Å². The molecule has 4 rings (SSSR count). The number of nitrogens with one attached hydrogen (secondary N) is 2. The van der Waals surface area contributed by atoms with Crippen LogP contribution >= 0.6 is 46.8 Å². The molecular formula is C21H15Cl2N3S2. The molecule has 140 valence electrons. The number of benzene rings is 3. The standard InChI is InChI=1S/C21H15Cl2N3S2/c1-12-2-8-18-19(10-12)28-20(25-18)13-3-6-15(7-4-13)24-21(27)26-17-9-5-14(22)11-16(17)23/h2-11H,1H3,(H2,24,26,27). The fourth-order valence-electron chi connectivity index (χ4n) is 2.73. The quantitative estimate of drug-likeness (QED) is 0.323. The molecule has 3 aromatic carbocycles. The first-order valence-corrected chi connectivity index (χ1v) is 10.5. The Hall–Kier alpha value is -2.18. The van der Waals surface area contributed by atoms with E-state index in [0.29, 0.717) is 20.8 Å². The molecule has 0 saturated carbocycles. The van der Waals surface area contributed by atoms with Crippen LogP contribution in [-0.2, 0) is 0 Å². The summed E-state index contributed by atoms with van der Waals surface area (Å²) in [4.78, 5) is 4.72. The molecule has 0 saturated heterocycles. The topological polar surface area (TPSA) is 37.0 Å². The Morgan fingerprint density at radius 2 is 1.75 bits per heavy atom. The van der Waals surface area contributed by atoms with Gasteiger partial charge in [0.25, 0.3) is 0 Å². The maximum atomic E-state index is 6.17. The third kappa shape index (κ3) is 4.28. The second-order valence-electron chi connectivity index (χ2n) is 6.27. The van der Waals surface area contributed by atoms with Crippen LogP contribution in [0.5, 0.6) is 0 Å². The predicted molar refractivity (Wildman–Crippen MR) is 126 cm³/mol. The van der Waals surface area contributed by atoms with Gasteiger partial charge in [0.05, 0.1) is 20.9 Å². The van der Waals surface area contributed by atoms with Crippen molar-refractivity contribution < 1.29 is 0 Å². The van der Waals surface area contributed by atoms with Crippen molar-refractivity contribution in [2.75, 3.05) is 10.6 Å². The third-order valence-electron chi connectivity index (χ3n) is 4.11. The number of anilines is 2. The molecule has 0 aliphatic heterocycles. The molecule has 3 nitrogen and oxygen atoms in total. The van der Waals surface area contributed by atoms with E-state index in [1.54, 1.807) is 29.5 Å². The predicted octanol–water partition coefficient (Wildman–Crippen LogP) is 7.39. The van der Waals surface area contributed by atoms with Crippen molar-refractivity contribution in [3.63, 3.8) is 0 Å². The Morgan fingerprint density at radius 3 is 2.50 bits per heavy atom. The summed E-state index contributed by atoms with van der Waals surface area (Å²) in [5.74, 6) is 0. The van der Waals surface area contributed by atoms with Crippen LogP contribution in [0.15, 0.2) is 60.7 Å². The van der Waals surface area contributed by atoms with E-state index >= 15 is 0 Å². The smallest absolute Gasteiger partial charge is 0.175 e. The Bertz CT molecular complexity index is 1170. The zero-order valence-electron chi connectivity index (χ0n) is 14.8. The minimum Gasteiger partial charge on any atom is -0.332 e. The normalized spacial score (nSPS) is 10.8. The molecule has 0 aliphatic rings. The van der Waals surface area contributed by atoms with Gasteiger partial charge in [-0.1, -0.05) is 29.3 Å². The van der Waals surface area contributed by atoms with Gasteiger partial charge in [-0.2, -0.15) is 0 Å². The number of thiazole rings is 1. The maximum absolute atomic E-state index is 6.17. The van der Waals surface area contributed by atoms with Gasteiger partial charge in [-0.3, -0.25) is 0 Å². The van der Waals surface area contributed by atoms with E-state index in [9.17, 15) is 0 Å². The summed E-state index contributed by atoms with van der Waals surface area (Å²) >= 11 is 19.1. The van der Waals surface area contributed by atoms with Crippen LogP contribution in [0.3, 0.4) is 0 Å². The van der Waals surface area contributed by atoms with Crippen LogP contribution in [0.1, 0.15) is 5.56 Å². The van der Waals surface area contributed by atoms with Crippen LogP contribution < -0.4 is 10.6 Å². The number of thiocarbonyl (C=S) groups is 1. The molecule has 7 heteroatoms. The van der Waals surface area contributed by atoms with Crippen molar-refractivity contribution in [1.82, 2.24) is 4.98 Å². The first-order chi connectivity index (χ1) is 13.5. The number of fused-ring (bicyclic) bond motifs is 1. The number of hydrogen-bond acceptors (Lipinski definition) is 3. The van der Waals surface area contributed by atoms with Crippen molar-refractivity contribution in [2.45, 2.75) is 6.92 Å². The van der Waals surface area contributed by atoms with E-state index in [1.807, 2.05) is 24.3 Å². The minimum absolute atomic E-state index is 0.451. The highest BCUT2D eigenvalue weighted by atomic mass is 35.5. The van der Waals surface area contributed by atoms with Crippen molar-refractivity contribution in [3.05, 3.63) is 76.3 Å². The summed E-state index contributed by atoms with van der Waals surface area (Å²) in [7, 11) is 0. The van der Waals surface area contributed by atoms with Crippen molar-refractivity contribution in [2.24, 2.45) is 0 Å². The van der Waals surface area contributed by atoms with E-state index in [4.69, 9.17) is 40.4 Å². The highest BCUT2D eigenvalue weighted by molar-refractivity contribution is 7.80. The van der Waals surface area contributed by atoms with Gasteiger partial charge in [0, 0.05) is 16.3 Å². The molecule has 0 atom stereocenters. The van der Waals surface area contributed by atoms with Gasteiger partial charge in [0.1, 0.15) is 5.01 Å². The van der Waals surface area contributed by atoms with Crippen molar-refractivity contribution >= 4 is 73.5 Å². The van der Waals surface area contributed by atoms with Crippen LogP contribution in [0.2, 0.25) is 10.0 Å². The summed E-state index contributed by atoms with van der Waals surface area (Å²) < 4.78 is 1.20. The fraction of sp³-hybridized carbons (Fsp3) is 0.0476. The molecule has 0 spiro atoms. The Morgan fingerprint density at radius 1 is 0.964 bits per heavy atom. The lowest BCUT2D eigenvalue weighted by molar-refractivity contribution is 1.45. The molecule has 1 aromatic heterocycles. The number of aryl methyl sites for hydroxylation is 1. The van der Waals surface area contributed by atoms with Crippen molar-refractivity contribution in [1.29, 1.82) is 0 Å². The number of nitrogens with zero attached hydrogens (tertiary/aromatic N) is 1. The lowest BCUT2D eigenvalue weighted by Gasteiger charge is -2.12. The summed E-state index contributed by atoms with van der Waals surface area (Å²) in [6, 6.07) is 19.5. The number of halogens is 2. The Balaban J connectivity index is 1.47. The van der Waals surface area contributed by atoms with Crippen LogP contribution in [0, 0.1) is 6.92 Å². The van der Waals surface area contributed by atoms with Gasteiger partial charge in [-0.15, -0.1) is 11.3 Å². The minimum atomic E-state index is 0.451. The molecule has 2 N–H and O–H groups in total. The molecule has 0 bridgehead atoms. The molecule has 0 amide bonds. The molecule has 28 heavy (non-hydrogen) atoms. The van der Waals surface area contributed by atoms with Gasteiger partial charge in [-0.05, 0) is 79.3 Å². The molecule has 1 heterocycles. The summed E-state index contributed by atoms with van der Waals surface area (Å²) in [6.07, 6.45) is 0. The summed E-state index contributed by atoms with van der Waals surface area (Å²) in [5.41, 5.74) is 4.92. The van der Waals surface area contributed by atoms with E-state index in [-0.39, 0.29) is 0 Å². The van der Waals surface area contributed by atoms with E-state index < -0.39 is 0 Å². The molecule has 0 radical (unpaired) electrons. The van der Waals surface area contributed by atoms with E-state index in [2.05, 4.69) is 35.8 Å². The van der Waals surface area contributed by atoms with E-state index in [1.165, 1.54) is 10.3 Å². The zero-order chi connectivity index (χ0) is 19.7. The number of rotatable bonds is 3. The third-order valence-corrected chi connectivity index (χ3v) is 5.93. The number of aromatic nitrogens is 1. The first kappa shape index (κ1) is 19.2. The van der Waals surface area contributed by atoms with Gasteiger partial charge < -0.3 is 10.6 Å². The monoisotopic (exact) mass is 443 g/mol. The van der Waals surface area contributed by atoms with Crippen LogP contribution in [0.4, 0.5) is 11.4 Å². The molecule has 0 aliphatic carbocycles. The average molecular weight is 444 g/mol. The maximum Gasteiger partial charge on any atom is 0.175 e. The summed E-state index contributed by atoms with van der Waals surface area (Å²) in [5, 5.41) is 8.77. The second kappa shape index (κ2) is 8.05. The van der Waals surface area contributed by atoms with Gasteiger partial charge in [0.2, 0.25) is 0 Å². The molecule has 0 fully saturated rings. The van der Waals surface area contributed by atoms with Gasteiger partial charge >= 0.3 is 0 Å². The Kier molecular flexibility index (Phi) is 5.51.